The maximum absolute atomic E-state index is 15.0. The number of aryl methyl sites for hydroxylation is 1. The number of nitrogens with zero attached hydrogens (tertiary/aromatic N) is 3. The predicted octanol–water partition coefficient (Wildman–Crippen LogP) is 4.36. The van der Waals surface area contributed by atoms with E-state index in [1.165, 1.54) is 12.1 Å². The van der Waals surface area contributed by atoms with Crippen LogP contribution in [0.4, 0.5) is 20.2 Å². The molecule has 1 N–H and O–H groups in total. The maximum atomic E-state index is 15.0. The molecule has 5 rings (SSSR count). The van der Waals surface area contributed by atoms with Gasteiger partial charge < -0.3 is 14.2 Å². The van der Waals surface area contributed by atoms with Gasteiger partial charge in [0.2, 0.25) is 5.88 Å². The first-order chi connectivity index (χ1) is 16.5. The van der Waals surface area contributed by atoms with Crippen molar-refractivity contribution in [1.29, 1.82) is 0 Å². The fraction of sp³-hybridized carbons (Fsp3) is 0.320. The Hall–Kier alpha value is -3.43. The minimum Gasteiger partial charge on any atom is -0.481 e. The third-order valence-corrected chi connectivity index (χ3v) is 6.05. The van der Waals surface area contributed by atoms with Crippen LogP contribution in [0, 0.1) is 18.6 Å². The second-order valence-electron chi connectivity index (χ2n) is 8.32. The van der Waals surface area contributed by atoms with Gasteiger partial charge in [0, 0.05) is 36.3 Å². The van der Waals surface area contributed by atoms with Crippen molar-refractivity contribution in [2.45, 2.75) is 13.5 Å². The molecule has 2 aliphatic heterocycles. The van der Waals surface area contributed by atoms with Crippen molar-refractivity contribution in [3.63, 3.8) is 0 Å². The summed E-state index contributed by atoms with van der Waals surface area (Å²) in [5.41, 5.74) is 6.83. The van der Waals surface area contributed by atoms with Crippen LogP contribution in [0.1, 0.15) is 11.1 Å². The molecule has 0 saturated carbocycles. The van der Waals surface area contributed by atoms with E-state index in [9.17, 15) is 8.78 Å². The average Bonchev–Trinajstić information content (AvgIpc) is 3.25. The van der Waals surface area contributed by atoms with Crippen molar-refractivity contribution in [2.75, 3.05) is 50.6 Å². The van der Waals surface area contributed by atoms with Crippen molar-refractivity contribution in [3.05, 3.63) is 65.4 Å². The number of aromatic nitrogens is 1. The first kappa shape index (κ1) is 22.4. The maximum Gasteiger partial charge on any atom is 0.216 e. The highest BCUT2D eigenvalue weighted by atomic mass is 19.1. The topological polar surface area (TPSA) is 59.1 Å². The van der Waals surface area contributed by atoms with Crippen molar-refractivity contribution in [2.24, 2.45) is 0 Å². The molecule has 1 saturated heterocycles. The predicted molar refractivity (Wildman–Crippen MR) is 125 cm³/mol. The minimum atomic E-state index is -0.563. The van der Waals surface area contributed by atoms with E-state index in [1.807, 2.05) is 35.0 Å². The average molecular weight is 469 g/mol. The summed E-state index contributed by atoms with van der Waals surface area (Å²) in [5.74, 6) is -0.00124. The van der Waals surface area contributed by atoms with Crippen LogP contribution < -0.4 is 19.9 Å². The molecule has 0 aliphatic carbocycles. The second-order valence-corrected chi connectivity index (χ2v) is 8.32. The number of fused-ring (bicyclic) bond motifs is 1. The molecular weight excluding hydrogens is 442 g/mol. The van der Waals surface area contributed by atoms with E-state index in [2.05, 4.69) is 10.4 Å². The standard InChI is InChI=1S/C25H26F2N4O3/c1-16-10-18(13-28-25(16)32-2)29-31-15-34-24-19(4-3-5-23(24)31)17-11-21(26)20(22(27)12-17)14-30-6-8-33-9-7-30/h3-5,10-13,29H,6-9,14-15H2,1-2H3. The molecule has 178 valence electrons. The van der Waals surface area contributed by atoms with Crippen molar-refractivity contribution >= 4 is 11.4 Å². The molecule has 0 atom stereocenters. The summed E-state index contributed by atoms with van der Waals surface area (Å²) < 4.78 is 46.4. The molecule has 2 aromatic carbocycles. The Kier molecular flexibility index (Phi) is 6.21. The SMILES string of the molecule is COc1ncc(NN2COc3c(-c4cc(F)c(CN5CCOCC5)c(F)c4)cccc32)cc1C. The highest BCUT2D eigenvalue weighted by molar-refractivity contribution is 5.81. The van der Waals surface area contributed by atoms with Gasteiger partial charge in [-0.3, -0.25) is 10.3 Å². The first-order valence-corrected chi connectivity index (χ1v) is 11.1. The lowest BCUT2D eigenvalue weighted by Crippen LogP contribution is -2.36. The Bertz CT molecular complexity index is 1180. The Balaban J connectivity index is 1.40. The molecule has 34 heavy (non-hydrogen) atoms. The molecule has 1 fully saturated rings. The molecule has 3 aromatic rings. The van der Waals surface area contributed by atoms with Crippen LogP contribution in [0.25, 0.3) is 11.1 Å². The van der Waals surface area contributed by atoms with Crippen LogP contribution in [0.5, 0.6) is 11.6 Å². The van der Waals surface area contributed by atoms with Gasteiger partial charge in [-0.05, 0) is 36.8 Å². The number of rotatable bonds is 6. The number of pyridine rings is 1. The van der Waals surface area contributed by atoms with Gasteiger partial charge in [0.25, 0.3) is 0 Å². The lowest BCUT2D eigenvalue weighted by molar-refractivity contribution is 0.0332. The molecule has 2 aliphatic rings. The van der Waals surface area contributed by atoms with Gasteiger partial charge >= 0.3 is 0 Å². The molecule has 3 heterocycles. The Morgan fingerprint density at radius 1 is 1.12 bits per heavy atom. The fourth-order valence-corrected chi connectivity index (χ4v) is 4.29. The summed E-state index contributed by atoms with van der Waals surface area (Å²) in [4.78, 5) is 6.28. The number of anilines is 2. The summed E-state index contributed by atoms with van der Waals surface area (Å²) in [6.45, 7) is 4.83. The number of benzene rings is 2. The van der Waals surface area contributed by atoms with Crippen molar-refractivity contribution in [3.8, 4) is 22.8 Å². The van der Waals surface area contributed by atoms with Gasteiger partial charge in [-0.1, -0.05) is 12.1 Å². The molecule has 7 nitrogen and oxygen atoms in total. The third kappa shape index (κ3) is 4.36. The minimum absolute atomic E-state index is 0.0739. The lowest BCUT2D eigenvalue weighted by Gasteiger charge is -2.27. The van der Waals surface area contributed by atoms with Crippen molar-refractivity contribution < 1.29 is 23.0 Å². The largest absolute Gasteiger partial charge is 0.481 e. The number of hydrogen-bond acceptors (Lipinski definition) is 7. The number of morpholine rings is 1. The number of methoxy groups -OCH3 is 1. The van der Waals surface area contributed by atoms with Crippen molar-refractivity contribution in [1.82, 2.24) is 9.88 Å². The van der Waals surface area contributed by atoms with Gasteiger partial charge in [-0.15, -0.1) is 0 Å². The molecule has 0 bridgehead atoms. The van der Waals surface area contributed by atoms with Gasteiger partial charge in [-0.25, -0.2) is 18.8 Å². The van der Waals surface area contributed by atoms with E-state index >= 15 is 0 Å². The Morgan fingerprint density at radius 2 is 1.88 bits per heavy atom. The number of hydrogen-bond donors (Lipinski definition) is 1. The highest BCUT2D eigenvalue weighted by Crippen LogP contribution is 2.43. The molecule has 0 unspecified atom stereocenters. The van der Waals surface area contributed by atoms with E-state index in [0.29, 0.717) is 49.1 Å². The van der Waals surface area contributed by atoms with Crippen LogP contribution in [0.2, 0.25) is 0 Å². The smallest absolute Gasteiger partial charge is 0.216 e. The van der Waals surface area contributed by atoms with Crippen LogP contribution in [0.3, 0.4) is 0 Å². The van der Waals surface area contributed by atoms with Crippen LogP contribution in [0.15, 0.2) is 42.6 Å². The second kappa shape index (κ2) is 9.44. The van der Waals surface area contributed by atoms with Gasteiger partial charge in [-0.2, -0.15) is 0 Å². The zero-order valence-corrected chi connectivity index (χ0v) is 19.1. The van der Waals surface area contributed by atoms with E-state index in [1.54, 1.807) is 19.4 Å². The number of ether oxygens (including phenoxy) is 3. The summed E-state index contributed by atoms with van der Waals surface area (Å²) in [7, 11) is 1.58. The lowest BCUT2D eigenvalue weighted by atomic mass is 10.0. The number of halogens is 2. The molecular formula is C25H26F2N4O3. The van der Waals surface area contributed by atoms with Crippen LogP contribution in [-0.4, -0.2) is 50.0 Å². The number of nitrogens with one attached hydrogen (secondary N) is 1. The van der Waals surface area contributed by atoms with Gasteiger partial charge in [0.1, 0.15) is 17.3 Å². The van der Waals surface area contributed by atoms with E-state index in [0.717, 1.165) is 16.9 Å². The highest BCUT2D eigenvalue weighted by Gasteiger charge is 2.26. The van der Waals surface area contributed by atoms with Crippen LogP contribution >= 0.6 is 0 Å². The summed E-state index contributed by atoms with van der Waals surface area (Å²) in [6.07, 6.45) is 1.67. The molecule has 1 aromatic heterocycles. The summed E-state index contributed by atoms with van der Waals surface area (Å²) >= 11 is 0. The molecule has 0 spiro atoms. The molecule has 9 heteroatoms. The fourth-order valence-electron chi connectivity index (χ4n) is 4.29. The first-order valence-electron chi connectivity index (χ1n) is 11.1. The third-order valence-electron chi connectivity index (χ3n) is 6.05. The Labute approximate surface area is 196 Å². The van der Waals surface area contributed by atoms with E-state index < -0.39 is 11.6 Å². The zero-order valence-electron chi connectivity index (χ0n) is 19.1. The normalized spacial score (nSPS) is 15.7. The monoisotopic (exact) mass is 468 g/mol. The van der Waals surface area contributed by atoms with Crippen LogP contribution in [-0.2, 0) is 11.3 Å². The van der Waals surface area contributed by atoms with Gasteiger partial charge in [0.15, 0.2) is 12.5 Å². The molecule has 0 amide bonds. The number of para-hydroxylation sites is 1. The number of hydrazine groups is 1. The summed E-state index contributed by atoms with van der Waals surface area (Å²) in [5, 5.41) is 1.82. The molecule has 0 radical (unpaired) electrons. The quantitative estimate of drug-likeness (QED) is 0.577. The van der Waals surface area contributed by atoms with E-state index in [4.69, 9.17) is 14.2 Å². The summed E-state index contributed by atoms with van der Waals surface area (Å²) in [6, 6.07) is 10.2. The zero-order chi connectivity index (χ0) is 23.7. The van der Waals surface area contributed by atoms with Gasteiger partial charge in [0.05, 0.1) is 32.2 Å². The Morgan fingerprint density at radius 3 is 2.59 bits per heavy atom. The van der Waals surface area contributed by atoms with E-state index in [-0.39, 0.29) is 18.8 Å².